The van der Waals surface area contributed by atoms with Crippen LogP contribution >= 0.6 is 0 Å². The molecule has 0 saturated heterocycles. The van der Waals surface area contributed by atoms with Crippen LogP contribution in [-0.4, -0.2) is 33.1 Å². The van der Waals surface area contributed by atoms with E-state index in [0.29, 0.717) is 5.56 Å². The summed E-state index contributed by atoms with van der Waals surface area (Å²) in [4.78, 5) is 58.9. The lowest BCUT2D eigenvalue weighted by Gasteiger charge is -2.08. The van der Waals surface area contributed by atoms with Gasteiger partial charge in [0, 0.05) is 17.2 Å². The van der Waals surface area contributed by atoms with Gasteiger partial charge in [-0.15, -0.1) is 0 Å². The number of hydrogen-bond donors (Lipinski definition) is 1. The average molecular weight is 397 g/mol. The van der Waals surface area contributed by atoms with E-state index in [9.17, 15) is 29.3 Å². The van der Waals surface area contributed by atoms with Crippen molar-refractivity contribution in [2.45, 2.75) is 13.5 Å². The maximum Gasteiger partial charge on any atom is 0.328 e. The summed E-state index contributed by atoms with van der Waals surface area (Å²) in [6.07, 6.45) is 0. The standard InChI is InChI=1S/C19H15N3O7/c1-11-6-7-12(8-15(11)22(27)28)16(23)10-29-17(24)9-21-19(26)14-5-3-2-4-13(14)18(25)20-21/h2-8H,9-10H2,1H3,(H,20,25). The molecule has 3 rings (SSSR count). The number of carbonyl (C=O) groups is 2. The number of ether oxygens (including phenoxy) is 1. The molecule has 0 aliphatic heterocycles. The molecule has 0 saturated carbocycles. The normalized spacial score (nSPS) is 10.7. The SMILES string of the molecule is Cc1ccc(C(=O)COC(=O)Cn2[nH]c(=O)c3ccccc3c2=O)cc1[N+](=O)[O-]. The summed E-state index contributed by atoms with van der Waals surface area (Å²) in [5.41, 5.74) is -0.939. The van der Waals surface area contributed by atoms with Gasteiger partial charge in [0.2, 0.25) is 5.78 Å². The molecule has 0 atom stereocenters. The van der Waals surface area contributed by atoms with Crippen molar-refractivity contribution < 1.29 is 19.2 Å². The Morgan fingerprint density at radius 2 is 1.83 bits per heavy atom. The first-order valence-corrected chi connectivity index (χ1v) is 8.43. The number of benzene rings is 2. The quantitative estimate of drug-likeness (QED) is 0.286. The van der Waals surface area contributed by atoms with Crippen molar-refractivity contribution in [1.29, 1.82) is 0 Å². The molecule has 0 bridgehead atoms. The van der Waals surface area contributed by atoms with E-state index >= 15 is 0 Å². The number of nitro groups is 1. The minimum Gasteiger partial charge on any atom is -0.456 e. The minimum absolute atomic E-state index is 0.0198. The maximum atomic E-state index is 12.4. The summed E-state index contributed by atoms with van der Waals surface area (Å²) >= 11 is 0. The number of aromatic amines is 1. The topological polar surface area (TPSA) is 141 Å². The van der Waals surface area contributed by atoms with E-state index in [1.165, 1.54) is 31.2 Å². The van der Waals surface area contributed by atoms with Crippen molar-refractivity contribution >= 4 is 28.2 Å². The van der Waals surface area contributed by atoms with Gasteiger partial charge in [-0.3, -0.25) is 34.4 Å². The van der Waals surface area contributed by atoms with Gasteiger partial charge < -0.3 is 4.74 Å². The van der Waals surface area contributed by atoms with Gasteiger partial charge in [0.15, 0.2) is 6.61 Å². The Kier molecular flexibility index (Phi) is 5.35. The first kappa shape index (κ1) is 19.7. The zero-order valence-electron chi connectivity index (χ0n) is 15.2. The molecule has 0 amide bonds. The molecule has 10 nitrogen and oxygen atoms in total. The van der Waals surface area contributed by atoms with Gasteiger partial charge in [-0.05, 0) is 19.1 Å². The molecule has 0 aliphatic carbocycles. The highest BCUT2D eigenvalue weighted by Crippen LogP contribution is 2.19. The van der Waals surface area contributed by atoms with Crippen molar-refractivity contribution in [3.63, 3.8) is 0 Å². The van der Waals surface area contributed by atoms with E-state index in [1.807, 2.05) is 0 Å². The number of H-pyrrole nitrogens is 1. The molecule has 0 spiro atoms. The molecule has 10 heteroatoms. The summed E-state index contributed by atoms with van der Waals surface area (Å²) in [6.45, 7) is 0.278. The van der Waals surface area contributed by atoms with Crippen LogP contribution in [-0.2, 0) is 16.1 Å². The van der Waals surface area contributed by atoms with E-state index in [0.717, 1.165) is 10.7 Å². The molecule has 1 heterocycles. The van der Waals surface area contributed by atoms with E-state index in [2.05, 4.69) is 5.10 Å². The first-order chi connectivity index (χ1) is 13.8. The van der Waals surface area contributed by atoms with Crippen LogP contribution in [0.25, 0.3) is 10.8 Å². The molecule has 0 unspecified atom stereocenters. The van der Waals surface area contributed by atoms with Gasteiger partial charge in [-0.1, -0.05) is 24.3 Å². The first-order valence-electron chi connectivity index (χ1n) is 8.43. The fourth-order valence-electron chi connectivity index (χ4n) is 2.74. The van der Waals surface area contributed by atoms with Crippen LogP contribution < -0.4 is 11.1 Å². The van der Waals surface area contributed by atoms with Crippen LogP contribution in [0.1, 0.15) is 15.9 Å². The zero-order chi connectivity index (χ0) is 21.1. The Morgan fingerprint density at radius 1 is 1.14 bits per heavy atom. The summed E-state index contributed by atoms with van der Waals surface area (Å²) in [5, 5.41) is 13.6. The number of esters is 1. The minimum atomic E-state index is -0.923. The maximum absolute atomic E-state index is 12.4. The summed E-state index contributed by atoms with van der Waals surface area (Å²) in [5.74, 6) is -1.56. The van der Waals surface area contributed by atoms with E-state index < -0.39 is 40.9 Å². The van der Waals surface area contributed by atoms with Crippen molar-refractivity contribution in [3.05, 3.63) is 84.4 Å². The van der Waals surface area contributed by atoms with Gasteiger partial charge >= 0.3 is 5.97 Å². The number of aryl methyl sites for hydroxylation is 1. The highest BCUT2D eigenvalue weighted by atomic mass is 16.6. The van der Waals surface area contributed by atoms with Crippen LogP contribution in [0, 0.1) is 17.0 Å². The third kappa shape index (κ3) is 4.10. The van der Waals surface area contributed by atoms with Crippen LogP contribution in [0.2, 0.25) is 0 Å². The highest BCUT2D eigenvalue weighted by Gasteiger charge is 2.17. The number of nitro benzene ring substituents is 1. The number of aromatic nitrogens is 2. The van der Waals surface area contributed by atoms with Crippen molar-refractivity contribution in [2.24, 2.45) is 0 Å². The molecular weight excluding hydrogens is 382 g/mol. The summed E-state index contributed by atoms with van der Waals surface area (Å²) in [6, 6.07) is 10.1. The second-order valence-corrected chi connectivity index (χ2v) is 6.22. The van der Waals surface area contributed by atoms with Crippen LogP contribution in [0.4, 0.5) is 5.69 Å². The number of rotatable bonds is 6. The van der Waals surface area contributed by atoms with Crippen LogP contribution in [0.15, 0.2) is 52.1 Å². The molecule has 1 aromatic heterocycles. The average Bonchev–Trinajstić information content (AvgIpc) is 2.70. The van der Waals surface area contributed by atoms with E-state index in [-0.39, 0.29) is 22.0 Å². The Morgan fingerprint density at radius 3 is 2.52 bits per heavy atom. The number of ketones is 1. The molecule has 3 aromatic rings. The zero-order valence-corrected chi connectivity index (χ0v) is 15.2. The molecule has 0 aliphatic rings. The molecule has 0 fully saturated rings. The number of hydrogen-bond acceptors (Lipinski definition) is 7. The lowest BCUT2D eigenvalue weighted by atomic mass is 10.1. The summed E-state index contributed by atoms with van der Waals surface area (Å²) < 4.78 is 5.66. The fourth-order valence-corrected chi connectivity index (χ4v) is 2.74. The lowest BCUT2D eigenvalue weighted by molar-refractivity contribution is -0.385. The smallest absolute Gasteiger partial charge is 0.328 e. The van der Waals surface area contributed by atoms with Gasteiger partial charge in [-0.2, -0.15) is 0 Å². The second-order valence-electron chi connectivity index (χ2n) is 6.22. The van der Waals surface area contributed by atoms with Crippen molar-refractivity contribution in [1.82, 2.24) is 9.78 Å². The molecule has 2 aromatic carbocycles. The Labute approximate surface area is 162 Å². The number of nitrogens with zero attached hydrogens (tertiary/aromatic N) is 2. The third-order valence-corrected chi connectivity index (χ3v) is 4.26. The highest BCUT2D eigenvalue weighted by molar-refractivity contribution is 5.98. The molecule has 148 valence electrons. The predicted octanol–water partition coefficient (Wildman–Crippen LogP) is 1.33. The van der Waals surface area contributed by atoms with Crippen LogP contribution in [0.3, 0.4) is 0 Å². The van der Waals surface area contributed by atoms with E-state index in [4.69, 9.17) is 4.74 Å². The predicted molar refractivity (Wildman–Crippen MR) is 102 cm³/mol. The third-order valence-electron chi connectivity index (χ3n) is 4.26. The Bertz CT molecular complexity index is 1260. The van der Waals surface area contributed by atoms with Crippen molar-refractivity contribution in [2.75, 3.05) is 6.61 Å². The Balaban J connectivity index is 1.72. The second kappa shape index (κ2) is 7.89. The van der Waals surface area contributed by atoms with Gasteiger partial charge in [0.1, 0.15) is 6.54 Å². The molecule has 29 heavy (non-hydrogen) atoms. The number of fused-ring (bicyclic) bond motifs is 1. The number of nitrogens with one attached hydrogen (secondary N) is 1. The van der Waals surface area contributed by atoms with Crippen molar-refractivity contribution in [3.8, 4) is 0 Å². The summed E-state index contributed by atoms with van der Waals surface area (Å²) in [7, 11) is 0. The Hall–Kier alpha value is -4.08. The van der Waals surface area contributed by atoms with Gasteiger partial charge in [0.25, 0.3) is 16.8 Å². The molecular formula is C19H15N3O7. The van der Waals surface area contributed by atoms with Gasteiger partial charge in [0.05, 0.1) is 15.7 Å². The monoisotopic (exact) mass is 397 g/mol. The number of carbonyl (C=O) groups excluding carboxylic acids is 2. The largest absolute Gasteiger partial charge is 0.456 e. The van der Waals surface area contributed by atoms with E-state index in [1.54, 1.807) is 12.1 Å². The fraction of sp³-hybridized carbons (Fsp3) is 0.158. The molecule has 1 N–H and O–H groups in total. The van der Waals surface area contributed by atoms with Gasteiger partial charge in [-0.25, -0.2) is 4.68 Å². The van der Waals surface area contributed by atoms with Crippen LogP contribution in [0.5, 0.6) is 0 Å². The lowest BCUT2D eigenvalue weighted by Crippen LogP contribution is -2.33. The number of Topliss-reactive ketones (excluding diaryl/α,β-unsaturated/α-hetero) is 1. The molecule has 0 radical (unpaired) electrons.